The van der Waals surface area contributed by atoms with Crippen molar-refractivity contribution < 1.29 is 9.18 Å². The van der Waals surface area contributed by atoms with Crippen LogP contribution < -0.4 is 10.2 Å². The lowest BCUT2D eigenvalue weighted by atomic mass is 10.1. The largest absolute Gasteiger partial charge is 0.368 e. The highest BCUT2D eigenvalue weighted by molar-refractivity contribution is 7.09. The van der Waals surface area contributed by atoms with Crippen molar-refractivity contribution in [3.63, 3.8) is 0 Å². The molecule has 1 saturated heterocycles. The van der Waals surface area contributed by atoms with Crippen LogP contribution in [0.1, 0.15) is 21.1 Å². The van der Waals surface area contributed by atoms with Gasteiger partial charge < -0.3 is 15.1 Å². The van der Waals surface area contributed by atoms with Gasteiger partial charge in [0.2, 0.25) is 0 Å². The van der Waals surface area contributed by atoms with Gasteiger partial charge in [-0.1, -0.05) is 0 Å². The van der Waals surface area contributed by atoms with E-state index in [-0.39, 0.29) is 5.91 Å². The van der Waals surface area contributed by atoms with Crippen molar-refractivity contribution >= 4 is 22.9 Å². The minimum atomic E-state index is -0.400. The third-order valence-electron chi connectivity index (χ3n) is 4.14. The lowest BCUT2D eigenvalue weighted by Gasteiger charge is -2.35. The molecule has 1 aliphatic rings. The van der Waals surface area contributed by atoms with E-state index < -0.39 is 5.82 Å². The van der Waals surface area contributed by atoms with Gasteiger partial charge in [-0.25, -0.2) is 9.37 Å². The monoisotopic (exact) mass is 348 g/mol. The van der Waals surface area contributed by atoms with E-state index in [4.69, 9.17) is 0 Å². The number of halogens is 1. The smallest absolute Gasteiger partial charge is 0.253 e. The molecule has 7 heteroatoms. The fraction of sp³-hybridized carbons (Fsp3) is 0.412. The van der Waals surface area contributed by atoms with Gasteiger partial charge in [0.15, 0.2) is 0 Å². The van der Waals surface area contributed by atoms with Gasteiger partial charge in [-0.15, -0.1) is 11.3 Å². The fourth-order valence-electron chi connectivity index (χ4n) is 2.77. The second-order valence-corrected chi connectivity index (χ2v) is 7.05. The van der Waals surface area contributed by atoms with Crippen LogP contribution >= 0.6 is 11.3 Å². The number of rotatable bonds is 4. The maximum atomic E-state index is 13.7. The summed E-state index contributed by atoms with van der Waals surface area (Å²) in [4.78, 5) is 21.3. The van der Waals surface area contributed by atoms with Gasteiger partial charge in [-0.05, 0) is 32.2 Å². The van der Waals surface area contributed by atoms with Crippen LogP contribution in [0.5, 0.6) is 0 Å². The van der Waals surface area contributed by atoms with E-state index in [0.29, 0.717) is 12.1 Å². The Morgan fingerprint density at radius 3 is 2.75 bits per heavy atom. The number of nitrogens with one attached hydrogen (secondary N) is 1. The molecule has 0 unspecified atom stereocenters. The number of aromatic nitrogens is 1. The number of aryl methyl sites for hydroxylation is 1. The first kappa shape index (κ1) is 16.9. The van der Waals surface area contributed by atoms with Gasteiger partial charge in [0.1, 0.15) is 5.82 Å². The molecule has 0 atom stereocenters. The molecule has 0 saturated carbocycles. The first-order valence-electron chi connectivity index (χ1n) is 7.95. The first-order chi connectivity index (χ1) is 11.5. The van der Waals surface area contributed by atoms with Gasteiger partial charge in [0, 0.05) is 37.2 Å². The Bertz CT molecular complexity index is 725. The number of likely N-dealkylation sites (N-methyl/N-ethyl adjacent to an activating group) is 1. The predicted molar refractivity (Wildman–Crippen MR) is 94.1 cm³/mol. The van der Waals surface area contributed by atoms with Gasteiger partial charge in [-0.2, -0.15) is 0 Å². The Kier molecular flexibility index (Phi) is 5.11. The summed E-state index contributed by atoms with van der Waals surface area (Å²) in [6.45, 7) is 5.78. The highest BCUT2D eigenvalue weighted by Gasteiger charge is 2.20. The maximum absolute atomic E-state index is 13.7. The zero-order chi connectivity index (χ0) is 17.1. The standard InChI is InChI=1S/C17H21FN4OS/c1-12-20-14(11-24-12)10-19-17(23)15-9-13(18)3-4-16(15)22-7-5-21(2)6-8-22/h3-4,9,11H,5-8,10H2,1-2H3,(H,19,23). The van der Waals surface area contributed by atoms with Crippen LogP contribution in [0.2, 0.25) is 0 Å². The SMILES string of the molecule is Cc1nc(CNC(=O)c2cc(F)ccc2N2CCN(C)CC2)cs1. The quantitative estimate of drug-likeness (QED) is 0.921. The van der Waals surface area contributed by atoms with Crippen LogP contribution in [-0.2, 0) is 6.54 Å². The number of piperazine rings is 1. The zero-order valence-corrected chi connectivity index (χ0v) is 14.7. The highest BCUT2D eigenvalue weighted by Crippen LogP contribution is 2.23. The van der Waals surface area contributed by atoms with Crippen LogP contribution in [-0.4, -0.2) is 49.0 Å². The lowest BCUT2D eigenvalue weighted by molar-refractivity contribution is 0.0950. The van der Waals surface area contributed by atoms with Crippen molar-refractivity contribution in [2.45, 2.75) is 13.5 Å². The predicted octanol–water partition coefficient (Wildman–Crippen LogP) is 2.27. The summed E-state index contributed by atoms with van der Waals surface area (Å²) in [7, 11) is 2.07. The molecule has 2 aromatic rings. The molecule has 1 amide bonds. The minimum absolute atomic E-state index is 0.269. The van der Waals surface area contributed by atoms with E-state index in [1.54, 1.807) is 17.4 Å². The number of thiazole rings is 1. The highest BCUT2D eigenvalue weighted by atomic mass is 32.1. The van der Waals surface area contributed by atoms with Crippen molar-refractivity contribution in [1.82, 2.24) is 15.2 Å². The molecular formula is C17H21FN4OS. The molecule has 128 valence electrons. The molecule has 2 heterocycles. The summed E-state index contributed by atoms with van der Waals surface area (Å²) in [5, 5.41) is 5.73. The average Bonchev–Trinajstić information content (AvgIpc) is 2.99. The Morgan fingerprint density at radius 1 is 1.33 bits per heavy atom. The van der Waals surface area contributed by atoms with Crippen LogP contribution in [0.3, 0.4) is 0 Å². The third kappa shape index (κ3) is 3.91. The lowest BCUT2D eigenvalue weighted by Crippen LogP contribution is -2.45. The molecule has 3 rings (SSSR count). The van der Waals surface area contributed by atoms with Crippen molar-refractivity contribution in [2.24, 2.45) is 0 Å². The molecule has 1 aromatic carbocycles. The van der Waals surface area contributed by atoms with E-state index in [2.05, 4.69) is 27.1 Å². The average molecular weight is 348 g/mol. The van der Waals surface area contributed by atoms with E-state index >= 15 is 0 Å². The summed E-state index contributed by atoms with van der Waals surface area (Å²) in [6.07, 6.45) is 0. The van der Waals surface area contributed by atoms with Crippen LogP contribution in [0, 0.1) is 12.7 Å². The van der Waals surface area contributed by atoms with Gasteiger partial charge in [0.25, 0.3) is 5.91 Å². The molecule has 0 bridgehead atoms. The number of carbonyl (C=O) groups excluding carboxylic acids is 1. The number of benzene rings is 1. The molecular weight excluding hydrogens is 327 g/mol. The molecule has 5 nitrogen and oxygen atoms in total. The Balaban J connectivity index is 1.75. The van der Waals surface area contributed by atoms with E-state index in [9.17, 15) is 9.18 Å². The van der Waals surface area contributed by atoms with Crippen molar-refractivity contribution in [2.75, 3.05) is 38.1 Å². The van der Waals surface area contributed by atoms with E-state index in [1.807, 2.05) is 12.3 Å². The summed E-state index contributed by atoms with van der Waals surface area (Å²) in [5.74, 6) is -0.670. The molecule has 1 aromatic heterocycles. The Hall–Kier alpha value is -1.99. The molecule has 1 N–H and O–H groups in total. The number of hydrogen-bond acceptors (Lipinski definition) is 5. The normalized spacial score (nSPS) is 15.5. The van der Waals surface area contributed by atoms with Crippen molar-refractivity contribution in [1.29, 1.82) is 0 Å². The zero-order valence-electron chi connectivity index (χ0n) is 13.9. The molecule has 1 aliphatic heterocycles. The number of amides is 1. The van der Waals surface area contributed by atoms with Crippen LogP contribution in [0.4, 0.5) is 10.1 Å². The third-order valence-corrected chi connectivity index (χ3v) is 4.97. The summed E-state index contributed by atoms with van der Waals surface area (Å²) >= 11 is 1.55. The molecule has 0 aliphatic carbocycles. The van der Waals surface area contributed by atoms with Gasteiger partial charge >= 0.3 is 0 Å². The molecule has 1 fully saturated rings. The second kappa shape index (κ2) is 7.27. The van der Waals surface area contributed by atoms with E-state index in [0.717, 1.165) is 42.6 Å². The van der Waals surface area contributed by atoms with Crippen LogP contribution in [0.15, 0.2) is 23.6 Å². The number of nitrogens with zero attached hydrogens (tertiary/aromatic N) is 3. The van der Waals surface area contributed by atoms with Gasteiger partial charge in [0.05, 0.1) is 22.8 Å². The van der Waals surface area contributed by atoms with Crippen molar-refractivity contribution in [3.05, 3.63) is 45.7 Å². The first-order valence-corrected chi connectivity index (χ1v) is 8.83. The second-order valence-electron chi connectivity index (χ2n) is 5.99. The molecule has 24 heavy (non-hydrogen) atoms. The fourth-order valence-corrected chi connectivity index (χ4v) is 3.38. The Morgan fingerprint density at radius 2 is 2.08 bits per heavy atom. The van der Waals surface area contributed by atoms with Gasteiger partial charge in [-0.3, -0.25) is 4.79 Å². The Labute approximate surface area is 145 Å². The van der Waals surface area contributed by atoms with E-state index in [1.165, 1.54) is 12.1 Å². The molecule has 0 radical (unpaired) electrons. The maximum Gasteiger partial charge on any atom is 0.253 e. The van der Waals surface area contributed by atoms with Crippen molar-refractivity contribution in [3.8, 4) is 0 Å². The minimum Gasteiger partial charge on any atom is -0.368 e. The topological polar surface area (TPSA) is 48.5 Å². The summed E-state index contributed by atoms with van der Waals surface area (Å²) in [5.41, 5.74) is 1.99. The summed E-state index contributed by atoms with van der Waals surface area (Å²) in [6, 6.07) is 4.42. The number of anilines is 1. The molecule has 0 spiro atoms. The van der Waals surface area contributed by atoms with Crippen LogP contribution in [0.25, 0.3) is 0 Å². The summed E-state index contributed by atoms with van der Waals surface area (Å²) < 4.78 is 13.7. The number of hydrogen-bond donors (Lipinski definition) is 1. The number of carbonyl (C=O) groups is 1.